The Morgan fingerprint density at radius 2 is 1.86 bits per heavy atom. The summed E-state index contributed by atoms with van der Waals surface area (Å²) in [6.07, 6.45) is 5.93. The van der Waals surface area contributed by atoms with Gasteiger partial charge in [-0.1, -0.05) is 18.2 Å². The highest BCUT2D eigenvalue weighted by molar-refractivity contribution is 5.75. The summed E-state index contributed by atoms with van der Waals surface area (Å²) in [5.41, 5.74) is 5.89. The Balaban J connectivity index is 1.28. The molecule has 3 aromatic heterocycles. The molecule has 3 atom stereocenters. The van der Waals surface area contributed by atoms with Crippen molar-refractivity contribution in [2.24, 2.45) is 17.8 Å². The number of carbonyl (C=O) groups is 1. The van der Waals surface area contributed by atoms with Crippen molar-refractivity contribution >= 4 is 17.6 Å². The van der Waals surface area contributed by atoms with Gasteiger partial charge in [-0.3, -0.25) is 4.79 Å². The van der Waals surface area contributed by atoms with Crippen molar-refractivity contribution in [1.82, 2.24) is 19.4 Å². The first-order valence-electron chi connectivity index (χ1n) is 12.1. The molecule has 10 heteroatoms. The number of aliphatic carboxylic acids is 1. The molecular formula is C27H25F2N5O3. The van der Waals surface area contributed by atoms with Gasteiger partial charge in [0.25, 0.3) is 0 Å². The van der Waals surface area contributed by atoms with Gasteiger partial charge < -0.3 is 19.1 Å². The minimum Gasteiger partial charge on any atom is -0.481 e. The van der Waals surface area contributed by atoms with E-state index in [9.17, 15) is 18.7 Å². The third-order valence-corrected chi connectivity index (χ3v) is 7.52. The monoisotopic (exact) mass is 505 g/mol. The molecule has 1 aliphatic heterocycles. The van der Waals surface area contributed by atoms with E-state index in [1.54, 1.807) is 36.7 Å². The van der Waals surface area contributed by atoms with E-state index in [4.69, 9.17) is 4.74 Å². The SMILES string of the molecule is Cc1cc2nc(C)c(Cc3ccccc3OC(F)F)n2cc1-c1cnc(N2C[C@@H]3C(C(=O)O)[C@@H]3C2)nc1. The number of benzene rings is 1. The number of pyridine rings is 1. The smallest absolute Gasteiger partial charge is 0.387 e. The zero-order chi connectivity index (χ0) is 25.8. The Morgan fingerprint density at radius 3 is 2.54 bits per heavy atom. The number of piperidine rings is 1. The van der Waals surface area contributed by atoms with Crippen molar-refractivity contribution in [3.8, 4) is 16.9 Å². The molecule has 4 heterocycles. The number of hydrogen-bond donors (Lipinski definition) is 1. The summed E-state index contributed by atoms with van der Waals surface area (Å²) in [5, 5.41) is 9.24. The summed E-state index contributed by atoms with van der Waals surface area (Å²) >= 11 is 0. The minimum atomic E-state index is -2.90. The van der Waals surface area contributed by atoms with Gasteiger partial charge in [0.2, 0.25) is 5.95 Å². The molecule has 1 N–H and O–H groups in total. The van der Waals surface area contributed by atoms with Gasteiger partial charge in [0, 0.05) is 60.5 Å². The van der Waals surface area contributed by atoms with Crippen LogP contribution in [0.1, 0.15) is 22.5 Å². The maximum Gasteiger partial charge on any atom is 0.387 e. The molecule has 0 radical (unpaired) electrons. The molecule has 1 saturated carbocycles. The lowest BCUT2D eigenvalue weighted by Gasteiger charge is -2.19. The van der Waals surface area contributed by atoms with E-state index in [1.807, 2.05) is 35.4 Å². The van der Waals surface area contributed by atoms with Gasteiger partial charge in [-0.05, 0) is 43.4 Å². The van der Waals surface area contributed by atoms with Crippen molar-refractivity contribution in [2.75, 3.05) is 18.0 Å². The average Bonchev–Trinajstić information content (AvgIpc) is 3.22. The zero-order valence-electron chi connectivity index (χ0n) is 20.3. The fourth-order valence-electron chi connectivity index (χ4n) is 5.59. The van der Waals surface area contributed by atoms with Crippen LogP contribution in [0, 0.1) is 31.6 Å². The maximum absolute atomic E-state index is 12.9. The Morgan fingerprint density at radius 1 is 1.16 bits per heavy atom. The Hall–Kier alpha value is -4.08. The molecule has 1 aliphatic carbocycles. The predicted molar refractivity (Wildman–Crippen MR) is 132 cm³/mol. The molecule has 4 aromatic rings. The molecule has 190 valence electrons. The van der Waals surface area contributed by atoms with Crippen molar-refractivity contribution in [2.45, 2.75) is 26.9 Å². The molecule has 1 saturated heterocycles. The van der Waals surface area contributed by atoms with Gasteiger partial charge in [-0.2, -0.15) is 8.78 Å². The topological polar surface area (TPSA) is 92.9 Å². The summed E-state index contributed by atoms with van der Waals surface area (Å²) in [5.74, 6) is 0.183. The summed E-state index contributed by atoms with van der Waals surface area (Å²) in [6.45, 7) is 2.34. The van der Waals surface area contributed by atoms with Crippen molar-refractivity contribution in [3.63, 3.8) is 0 Å². The Kier molecular flexibility index (Phi) is 5.54. The van der Waals surface area contributed by atoms with E-state index in [-0.39, 0.29) is 23.5 Å². The number of aryl methyl sites for hydroxylation is 2. The number of halogens is 2. The standard InChI is InChI=1S/C27H25F2N5O3/c1-14-7-23-32-15(2)21(8-16-5-3-4-6-22(16)37-26(28)29)34(23)13-18(14)17-9-30-27(31-10-17)33-11-19-20(12-33)24(19)25(35)36/h3-7,9-10,13,19-20,24,26H,8,11-12H2,1-2H3,(H,35,36)/t19-,20+,24?. The molecule has 6 rings (SSSR count). The minimum absolute atomic E-state index is 0.150. The highest BCUT2D eigenvalue weighted by Gasteiger charge is 2.60. The molecule has 2 aliphatic rings. The largest absolute Gasteiger partial charge is 0.481 e. The van der Waals surface area contributed by atoms with E-state index < -0.39 is 12.6 Å². The lowest BCUT2D eigenvalue weighted by molar-refractivity contribution is -0.139. The molecule has 37 heavy (non-hydrogen) atoms. The number of aromatic nitrogens is 4. The van der Waals surface area contributed by atoms with Crippen LogP contribution in [-0.4, -0.2) is 50.1 Å². The molecule has 0 amide bonds. The van der Waals surface area contributed by atoms with Gasteiger partial charge >= 0.3 is 12.6 Å². The van der Waals surface area contributed by atoms with Crippen molar-refractivity contribution in [1.29, 1.82) is 0 Å². The van der Waals surface area contributed by atoms with E-state index in [0.29, 0.717) is 31.0 Å². The van der Waals surface area contributed by atoms with E-state index in [2.05, 4.69) is 15.0 Å². The second-order valence-electron chi connectivity index (χ2n) is 9.77. The number of ether oxygens (including phenoxy) is 1. The molecule has 8 nitrogen and oxygen atoms in total. The number of nitrogens with zero attached hydrogens (tertiary/aromatic N) is 5. The van der Waals surface area contributed by atoms with Crippen molar-refractivity contribution in [3.05, 3.63) is 71.4 Å². The maximum atomic E-state index is 12.9. The van der Waals surface area contributed by atoms with Gasteiger partial charge in [0.15, 0.2) is 0 Å². The van der Waals surface area contributed by atoms with E-state index in [0.717, 1.165) is 33.7 Å². The van der Waals surface area contributed by atoms with E-state index >= 15 is 0 Å². The summed E-state index contributed by atoms with van der Waals surface area (Å²) < 4.78 is 32.5. The first-order valence-corrected chi connectivity index (χ1v) is 12.1. The quantitative estimate of drug-likeness (QED) is 0.399. The number of carboxylic acid groups (broad SMARTS) is 1. The number of anilines is 1. The first-order chi connectivity index (χ1) is 17.8. The van der Waals surface area contributed by atoms with Gasteiger partial charge in [-0.25, -0.2) is 15.0 Å². The molecule has 0 spiro atoms. The van der Waals surface area contributed by atoms with Crippen LogP contribution in [0.25, 0.3) is 16.8 Å². The third-order valence-electron chi connectivity index (χ3n) is 7.52. The first kappa shape index (κ1) is 23.3. The van der Waals surface area contributed by atoms with Crippen molar-refractivity contribution < 1.29 is 23.4 Å². The predicted octanol–water partition coefficient (Wildman–Crippen LogP) is 4.37. The number of para-hydroxylation sites is 1. The zero-order valence-corrected chi connectivity index (χ0v) is 20.3. The van der Waals surface area contributed by atoms with Crippen LogP contribution in [0.15, 0.2) is 48.9 Å². The van der Waals surface area contributed by atoms with Crippen LogP contribution < -0.4 is 9.64 Å². The molecule has 2 fully saturated rings. The highest BCUT2D eigenvalue weighted by Crippen LogP contribution is 2.52. The summed E-state index contributed by atoms with van der Waals surface area (Å²) in [4.78, 5) is 27.1. The third kappa shape index (κ3) is 4.16. The van der Waals surface area contributed by atoms with Crippen LogP contribution in [-0.2, 0) is 11.2 Å². The van der Waals surface area contributed by atoms with Gasteiger partial charge in [-0.15, -0.1) is 0 Å². The number of hydrogen-bond acceptors (Lipinski definition) is 6. The second kappa shape index (κ2) is 8.79. The Bertz CT molecular complexity index is 1490. The van der Waals surface area contributed by atoms with Gasteiger partial charge in [0.05, 0.1) is 11.6 Å². The number of imidazole rings is 1. The summed E-state index contributed by atoms with van der Waals surface area (Å²) in [7, 11) is 0. The van der Waals surface area contributed by atoms with Crippen LogP contribution in [0.4, 0.5) is 14.7 Å². The second-order valence-corrected chi connectivity index (χ2v) is 9.77. The van der Waals surface area contributed by atoms with Crippen LogP contribution in [0.3, 0.4) is 0 Å². The normalized spacial score (nSPS) is 20.5. The van der Waals surface area contributed by atoms with Crippen LogP contribution >= 0.6 is 0 Å². The number of fused-ring (bicyclic) bond motifs is 2. The summed E-state index contributed by atoms with van der Waals surface area (Å²) in [6, 6.07) is 8.77. The lowest BCUT2D eigenvalue weighted by atomic mass is 10.1. The van der Waals surface area contributed by atoms with Crippen LogP contribution in [0.2, 0.25) is 0 Å². The molecule has 1 aromatic carbocycles. The van der Waals surface area contributed by atoms with E-state index in [1.165, 1.54) is 0 Å². The molecule has 1 unspecified atom stereocenters. The lowest BCUT2D eigenvalue weighted by Crippen LogP contribution is -2.27. The van der Waals surface area contributed by atoms with Gasteiger partial charge in [0.1, 0.15) is 11.4 Å². The highest BCUT2D eigenvalue weighted by atomic mass is 19.3. The number of carboxylic acids is 1. The Labute approximate surface area is 211 Å². The fraction of sp³-hybridized carbons (Fsp3) is 0.333. The number of alkyl halides is 2. The average molecular weight is 506 g/mol. The molecular weight excluding hydrogens is 480 g/mol. The van der Waals surface area contributed by atoms with Crippen LogP contribution in [0.5, 0.6) is 5.75 Å². The fourth-order valence-corrected chi connectivity index (χ4v) is 5.59. The molecule has 0 bridgehead atoms. The number of rotatable bonds is 7.